The molecule has 0 atom stereocenters. The number of rotatable bonds is 8. The van der Waals surface area contributed by atoms with E-state index in [1.54, 1.807) is 11.8 Å². The minimum atomic E-state index is -3.71. The fourth-order valence-corrected chi connectivity index (χ4v) is 3.49. The molecule has 0 aliphatic carbocycles. The molecule has 0 aromatic heterocycles. The SMILES string of the molecule is NS(=O)(=O)c1ccc(NC(=O)CCCSCc2ccccc2)cc1. The number of carbonyl (C=O) groups excluding carboxylic acids is 1. The van der Waals surface area contributed by atoms with Crippen molar-refractivity contribution in [1.29, 1.82) is 0 Å². The van der Waals surface area contributed by atoms with Gasteiger partial charge < -0.3 is 5.32 Å². The van der Waals surface area contributed by atoms with Crippen LogP contribution in [0.1, 0.15) is 18.4 Å². The molecule has 0 aliphatic rings. The van der Waals surface area contributed by atoms with Gasteiger partial charge >= 0.3 is 0 Å². The molecule has 0 bridgehead atoms. The number of amides is 1. The third kappa shape index (κ3) is 6.35. The molecular formula is C17H20N2O3S2. The van der Waals surface area contributed by atoms with Crippen LogP contribution in [0.5, 0.6) is 0 Å². The molecule has 2 rings (SSSR count). The molecule has 0 spiro atoms. The molecule has 0 aliphatic heterocycles. The van der Waals surface area contributed by atoms with Crippen molar-refractivity contribution < 1.29 is 13.2 Å². The third-order valence-electron chi connectivity index (χ3n) is 3.27. The number of carbonyl (C=O) groups is 1. The van der Waals surface area contributed by atoms with E-state index in [1.165, 1.54) is 29.8 Å². The van der Waals surface area contributed by atoms with Gasteiger partial charge in [0, 0.05) is 17.9 Å². The average Bonchev–Trinajstić information content (AvgIpc) is 2.55. The molecule has 24 heavy (non-hydrogen) atoms. The molecule has 128 valence electrons. The zero-order valence-corrected chi connectivity index (χ0v) is 14.8. The van der Waals surface area contributed by atoms with Gasteiger partial charge in [-0.15, -0.1) is 0 Å². The summed E-state index contributed by atoms with van der Waals surface area (Å²) in [5.41, 5.74) is 1.84. The lowest BCUT2D eigenvalue weighted by atomic mass is 10.2. The number of hydrogen-bond donors (Lipinski definition) is 2. The third-order valence-corrected chi connectivity index (χ3v) is 5.31. The van der Waals surface area contributed by atoms with Crippen molar-refractivity contribution in [3.63, 3.8) is 0 Å². The minimum Gasteiger partial charge on any atom is -0.326 e. The van der Waals surface area contributed by atoms with E-state index in [0.717, 1.165) is 17.9 Å². The smallest absolute Gasteiger partial charge is 0.238 e. The topological polar surface area (TPSA) is 89.3 Å². The zero-order chi connectivity index (χ0) is 17.4. The summed E-state index contributed by atoms with van der Waals surface area (Å²) in [5.74, 6) is 1.77. The van der Waals surface area contributed by atoms with Crippen LogP contribution in [0.2, 0.25) is 0 Å². The monoisotopic (exact) mass is 364 g/mol. The van der Waals surface area contributed by atoms with Gasteiger partial charge in [-0.1, -0.05) is 30.3 Å². The molecule has 0 saturated carbocycles. The molecular weight excluding hydrogens is 344 g/mol. The summed E-state index contributed by atoms with van der Waals surface area (Å²) in [6.45, 7) is 0. The lowest BCUT2D eigenvalue weighted by Gasteiger charge is -2.06. The highest BCUT2D eigenvalue weighted by atomic mass is 32.2. The maximum absolute atomic E-state index is 11.9. The van der Waals surface area contributed by atoms with Crippen LogP contribution in [0.4, 0.5) is 5.69 Å². The number of primary sulfonamides is 1. The number of nitrogens with two attached hydrogens (primary N) is 1. The molecule has 0 saturated heterocycles. The normalized spacial score (nSPS) is 11.2. The largest absolute Gasteiger partial charge is 0.326 e. The zero-order valence-electron chi connectivity index (χ0n) is 13.1. The van der Waals surface area contributed by atoms with Gasteiger partial charge in [0.25, 0.3) is 0 Å². The van der Waals surface area contributed by atoms with Crippen LogP contribution in [0.3, 0.4) is 0 Å². The van der Waals surface area contributed by atoms with E-state index in [2.05, 4.69) is 17.4 Å². The second-order valence-electron chi connectivity index (χ2n) is 5.26. The average molecular weight is 364 g/mol. The van der Waals surface area contributed by atoms with Gasteiger partial charge in [-0.2, -0.15) is 11.8 Å². The maximum atomic E-state index is 11.9. The fraction of sp³-hybridized carbons (Fsp3) is 0.235. The Labute approximate surface area is 146 Å². The van der Waals surface area contributed by atoms with Crippen LogP contribution < -0.4 is 10.5 Å². The van der Waals surface area contributed by atoms with Crippen LogP contribution in [-0.4, -0.2) is 20.1 Å². The van der Waals surface area contributed by atoms with E-state index in [1.807, 2.05) is 18.2 Å². The van der Waals surface area contributed by atoms with Crippen molar-refractivity contribution in [1.82, 2.24) is 0 Å². The summed E-state index contributed by atoms with van der Waals surface area (Å²) < 4.78 is 22.3. The van der Waals surface area contributed by atoms with Crippen LogP contribution in [0, 0.1) is 0 Å². The van der Waals surface area contributed by atoms with Crippen LogP contribution in [0.15, 0.2) is 59.5 Å². The number of benzene rings is 2. The molecule has 1 amide bonds. The fourth-order valence-electron chi connectivity index (χ4n) is 2.05. The van der Waals surface area contributed by atoms with Crippen molar-refractivity contribution in [3.05, 3.63) is 60.2 Å². The van der Waals surface area contributed by atoms with Crippen molar-refractivity contribution >= 4 is 33.4 Å². The van der Waals surface area contributed by atoms with E-state index in [0.29, 0.717) is 12.1 Å². The highest BCUT2D eigenvalue weighted by Crippen LogP contribution is 2.15. The highest BCUT2D eigenvalue weighted by molar-refractivity contribution is 7.98. The first-order chi connectivity index (χ1) is 11.4. The maximum Gasteiger partial charge on any atom is 0.238 e. The number of anilines is 1. The first-order valence-corrected chi connectivity index (χ1v) is 10.2. The first-order valence-electron chi connectivity index (χ1n) is 7.49. The molecule has 0 unspecified atom stereocenters. The molecule has 0 fully saturated rings. The van der Waals surface area contributed by atoms with Crippen LogP contribution >= 0.6 is 11.8 Å². The Balaban J connectivity index is 1.68. The Bertz CT molecular complexity index is 760. The van der Waals surface area contributed by atoms with Crippen LogP contribution in [-0.2, 0) is 20.6 Å². The van der Waals surface area contributed by atoms with Crippen molar-refractivity contribution in [2.45, 2.75) is 23.5 Å². The lowest BCUT2D eigenvalue weighted by Crippen LogP contribution is -2.13. The van der Waals surface area contributed by atoms with Gasteiger partial charge in [0.15, 0.2) is 0 Å². The summed E-state index contributed by atoms with van der Waals surface area (Å²) in [6, 6.07) is 16.0. The van der Waals surface area contributed by atoms with Crippen molar-refractivity contribution in [2.24, 2.45) is 5.14 Å². The van der Waals surface area contributed by atoms with Gasteiger partial charge in [-0.3, -0.25) is 4.79 Å². The van der Waals surface area contributed by atoms with E-state index >= 15 is 0 Å². The summed E-state index contributed by atoms with van der Waals surface area (Å²) in [5, 5.41) is 7.77. The van der Waals surface area contributed by atoms with Gasteiger partial charge in [-0.05, 0) is 42.0 Å². The standard InChI is InChI=1S/C17H20N2O3S2/c18-24(21,22)16-10-8-15(9-11-16)19-17(20)7-4-12-23-13-14-5-2-1-3-6-14/h1-3,5-6,8-11H,4,7,12-13H2,(H,19,20)(H2,18,21,22). The molecule has 2 aromatic carbocycles. The Morgan fingerprint density at radius 1 is 1.04 bits per heavy atom. The Kier molecular flexibility index (Phi) is 6.84. The Hall–Kier alpha value is -1.83. The summed E-state index contributed by atoms with van der Waals surface area (Å²) in [7, 11) is -3.71. The molecule has 2 aromatic rings. The molecule has 0 heterocycles. The number of nitrogens with one attached hydrogen (secondary N) is 1. The van der Waals surface area contributed by atoms with E-state index in [-0.39, 0.29) is 10.8 Å². The van der Waals surface area contributed by atoms with Crippen LogP contribution in [0.25, 0.3) is 0 Å². The summed E-state index contributed by atoms with van der Waals surface area (Å²) in [6.07, 6.45) is 1.22. The van der Waals surface area contributed by atoms with E-state index in [4.69, 9.17) is 5.14 Å². The molecule has 0 radical (unpaired) electrons. The molecule has 3 N–H and O–H groups in total. The Morgan fingerprint density at radius 2 is 1.71 bits per heavy atom. The summed E-state index contributed by atoms with van der Waals surface area (Å²) in [4.78, 5) is 11.9. The second-order valence-corrected chi connectivity index (χ2v) is 7.93. The lowest BCUT2D eigenvalue weighted by molar-refractivity contribution is -0.116. The van der Waals surface area contributed by atoms with E-state index in [9.17, 15) is 13.2 Å². The first kappa shape index (κ1) is 18.5. The van der Waals surface area contributed by atoms with Gasteiger partial charge in [0.2, 0.25) is 15.9 Å². The minimum absolute atomic E-state index is 0.0258. The van der Waals surface area contributed by atoms with E-state index < -0.39 is 10.0 Å². The van der Waals surface area contributed by atoms with Crippen molar-refractivity contribution in [2.75, 3.05) is 11.1 Å². The number of hydrogen-bond acceptors (Lipinski definition) is 4. The second kappa shape index (κ2) is 8.86. The highest BCUT2D eigenvalue weighted by Gasteiger charge is 2.08. The Morgan fingerprint density at radius 3 is 2.33 bits per heavy atom. The predicted octanol–water partition coefficient (Wildman–Crippen LogP) is 2.99. The molecule has 7 heteroatoms. The predicted molar refractivity (Wildman–Crippen MR) is 98.3 cm³/mol. The van der Waals surface area contributed by atoms with Gasteiger partial charge in [0.1, 0.15) is 0 Å². The number of thioether (sulfide) groups is 1. The van der Waals surface area contributed by atoms with Gasteiger partial charge in [-0.25, -0.2) is 13.6 Å². The van der Waals surface area contributed by atoms with Gasteiger partial charge in [0.05, 0.1) is 4.90 Å². The quantitative estimate of drug-likeness (QED) is 0.705. The van der Waals surface area contributed by atoms with Crippen molar-refractivity contribution in [3.8, 4) is 0 Å². The number of sulfonamides is 1. The summed E-state index contributed by atoms with van der Waals surface area (Å²) >= 11 is 1.80. The molecule has 5 nitrogen and oxygen atoms in total.